The van der Waals surface area contributed by atoms with Gasteiger partial charge >= 0.3 is 0 Å². The van der Waals surface area contributed by atoms with Crippen LogP contribution in [0, 0.1) is 0 Å². The molecule has 0 aromatic heterocycles. The van der Waals surface area contributed by atoms with Crippen LogP contribution in [0.25, 0.3) is 0 Å². The molecule has 6 heteroatoms. The van der Waals surface area contributed by atoms with Crippen LogP contribution in [0.3, 0.4) is 0 Å². The van der Waals surface area contributed by atoms with E-state index >= 15 is 0 Å². The van der Waals surface area contributed by atoms with Crippen LogP contribution in [0.1, 0.15) is 13.8 Å². The molecular weight excluding hydrogens is 264 g/mol. The molecule has 0 aliphatic heterocycles. The second-order valence-corrected chi connectivity index (χ2v) is 2.37. The SMILES string of the molecule is CC(=O)O.CC(=O)O.Oc1ccccc1.[Cu]. The summed E-state index contributed by atoms with van der Waals surface area (Å²) in [5, 5.41) is 23.5. The van der Waals surface area contributed by atoms with Crippen LogP contribution in [0.2, 0.25) is 0 Å². The molecule has 1 rings (SSSR count). The summed E-state index contributed by atoms with van der Waals surface area (Å²) in [5.41, 5.74) is 0. The first kappa shape index (κ1) is 20.0. The normalized spacial score (nSPS) is 6.88. The second-order valence-electron chi connectivity index (χ2n) is 2.37. The largest absolute Gasteiger partial charge is 0.508 e. The minimum absolute atomic E-state index is 0. The molecule has 0 amide bonds. The standard InChI is InChI=1S/C6H6O.2C2H4O2.Cu/c7-6-4-2-1-3-5-6;2*1-2(3)4;/h1-5,7H;2*1H3,(H,3,4);. The van der Waals surface area contributed by atoms with Crippen molar-refractivity contribution < 1.29 is 42.0 Å². The van der Waals surface area contributed by atoms with Crippen LogP contribution in [-0.2, 0) is 26.7 Å². The number of carboxylic acid groups (broad SMARTS) is 2. The Balaban J connectivity index is -0.000000166. The van der Waals surface area contributed by atoms with Crippen molar-refractivity contribution in [2.75, 3.05) is 0 Å². The van der Waals surface area contributed by atoms with Gasteiger partial charge in [0.2, 0.25) is 0 Å². The number of phenols is 1. The molecule has 1 radical (unpaired) electrons. The number of hydrogen-bond donors (Lipinski definition) is 3. The van der Waals surface area contributed by atoms with Crippen molar-refractivity contribution in [2.24, 2.45) is 0 Å². The molecule has 16 heavy (non-hydrogen) atoms. The Kier molecular flexibility index (Phi) is 16.8. The van der Waals surface area contributed by atoms with E-state index in [1.807, 2.05) is 6.07 Å². The van der Waals surface area contributed by atoms with Gasteiger partial charge in [-0.3, -0.25) is 9.59 Å². The minimum Gasteiger partial charge on any atom is -0.508 e. The Morgan fingerprint density at radius 1 is 0.938 bits per heavy atom. The molecule has 0 bridgehead atoms. The molecule has 0 atom stereocenters. The summed E-state index contributed by atoms with van der Waals surface area (Å²) >= 11 is 0. The second kappa shape index (κ2) is 13.5. The number of phenolic OH excluding ortho intramolecular Hbond substituents is 1. The number of carbonyl (C=O) groups is 2. The summed E-state index contributed by atoms with van der Waals surface area (Å²) < 4.78 is 0. The van der Waals surface area contributed by atoms with E-state index in [-0.39, 0.29) is 17.1 Å². The van der Waals surface area contributed by atoms with Gasteiger partial charge in [0.15, 0.2) is 0 Å². The fourth-order valence-corrected chi connectivity index (χ4v) is 0.428. The molecule has 0 saturated carbocycles. The third-order valence-electron chi connectivity index (χ3n) is 0.756. The summed E-state index contributed by atoms with van der Waals surface area (Å²) in [6.45, 7) is 2.17. The van der Waals surface area contributed by atoms with Crippen LogP contribution in [-0.4, -0.2) is 27.3 Å². The number of aromatic hydroxyl groups is 1. The van der Waals surface area contributed by atoms with Crippen molar-refractivity contribution in [1.29, 1.82) is 0 Å². The maximum atomic E-state index is 9.00. The fraction of sp³-hybridized carbons (Fsp3) is 0.200. The first-order valence-corrected chi connectivity index (χ1v) is 3.99. The molecule has 0 heterocycles. The van der Waals surface area contributed by atoms with Crippen molar-refractivity contribution in [3.05, 3.63) is 30.3 Å². The zero-order chi connectivity index (χ0) is 12.3. The molecule has 95 valence electrons. The Labute approximate surface area is 104 Å². The monoisotopic (exact) mass is 277 g/mol. The van der Waals surface area contributed by atoms with Crippen molar-refractivity contribution >= 4 is 11.9 Å². The van der Waals surface area contributed by atoms with E-state index < -0.39 is 11.9 Å². The molecule has 1 aromatic rings. The van der Waals surface area contributed by atoms with Gasteiger partial charge in [-0.2, -0.15) is 0 Å². The molecule has 5 nitrogen and oxygen atoms in total. The summed E-state index contributed by atoms with van der Waals surface area (Å²) in [6.07, 6.45) is 0. The number of para-hydroxylation sites is 1. The summed E-state index contributed by atoms with van der Waals surface area (Å²) in [4.78, 5) is 18.0. The van der Waals surface area contributed by atoms with E-state index in [0.29, 0.717) is 5.75 Å². The number of benzene rings is 1. The van der Waals surface area contributed by atoms with Gasteiger partial charge in [0.25, 0.3) is 11.9 Å². The fourth-order valence-electron chi connectivity index (χ4n) is 0.428. The van der Waals surface area contributed by atoms with Gasteiger partial charge in [0, 0.05) is 30.9 Å². The number of hydrogen-bond acceptors (Lipinski definition) is 3. The molecule has 0 spiro atoms. The number of aliphatic carboxylic acids is 2. The van der Waals surface area contributed by atoms with E-state index in [4.69, 9.17) is 24.9 Å². The average molecular weight is 278 g/mol. The Bertz CT molecular complexity index is 267. The Hall–Kier alpha value is -1.52. The van der Waals surface area contributed by atoms with Gasteiger partial charge in [-0.15, -0.1) is 0 Å². The maximum absolute atomic E-state index is 9.00. The summed E-state index contributed by atoms with van der Waals surface area (Å²) in [5.74, 6) is -1.34. The summed E-state index contributed by atoms with van der Waals surface area (Å²) in [7, 11) is 0. The maximum Gasteiger partial charge on any atom is 0.300 e. The zero-order valence-electron chi connectivity index (χ0n) is 8.85. The van der Waals surface area contributed by atoms with Gasteiger partial charge in [0.05, 0.1) is 0 Å². The molecule has 3 N–H and O–H groups in total. The van der Waals surface area contributed by atoms with Gasteiger partial charge < -0.3 is 15.3 Å². The minimum atomic E-state index is -0.833. The van der Waals surface area contributed by atoms with Crippen molar-refractivity contribution in [2.45, 2.75) is 13.8 Å². The van der Waals surface area contributed by atoms with Crippen molar-refractivity contribution in [3.8, 4) is 5.75 Å². The zero-order valence-corrected chi connectivity index (χ0v) is 9.79. The van der Waals surface area contributed by atoms with Gasteiger partial charge in [-0.1, -0.05) is 18.2 Å². The van der Waals surface area contributed by atoms with E-state index in [9.17, 15) is 0 Å². The molecular formula is C10H14CuO5. The molecule has 0 aliphatic rings. The third kappa shape index (κ3) is 39.2. The quantitative estimate of drug-likeness (QED) is 0.626. The first-order chi connectivity index (χ1) is 6.86. The topological polar surface area (TPSA) is 94.8 Å². The molecule has 0 saturated heterocycles. The van der Waals surface area contributed by atoms with Crippen LogP contribution in [0.5, 0.6) is 5.75 Å². The smallest absolute Gasteiger partial charge is 0.300 e. The average Bonchev–Trinajstić information content (AvgIpc) is 2.03. The van der Waals surface area contributed by atoms with E-state index in [1.54, 1.807) is 24.3 Å². The Morgan fingerprint density at radius 2 is 1.19 bits per heavy atom. The van der Waals surface area contributed by atoms with Crippen molar-refractivity contribution in [1.82, 2.24) is 0 Å². The van der Waals surface area contributed by atoms with Gasteiger partial charge in [0.1, 0.15) is 5.75 Å². The molecule has 0 aliphatic carbocycles. The summed E-state index contributed by atoms with van der Waals surface area (Å²) in [6, 6.07) is 8.71. The van der Waals surface area contributed by atoms with Crippen molar-refractivity contribution in [3.63, 3.8) is 0 Å². The predicted molar refractivity (Wildman–Crippen MR) is 54.7 cm³/mol. The number of rotatable bonds is 0. The van der Waals surface area contributed by atoms with Gasteiger partial charge in [-0.05, 0) is 12.1 Å². The van der Waals surface area contributed by atoms with Gasteiger partial charge in [-0.25, -0.2) is 0 Å². The number of carboxylic acids is 2. The molecule has 1 aromatic carbocycles. The van der Waals surface area contributed by atoms with Crippen LogP contribution >= 0.6 is 0 Å². The van der Waals surface area contributed by atoms with E-state index in [0.717, 1.165) is 13.8 Å². The molecule has 0 unspecified atom stereocenters. The third-order valence-corrected chi connectivity index (χ3v) is 0.756. The predicted octanol–water partition coefficient (Wildman–Crippen LogP) is 1.57. The first-order valence-electron chi connectivity index (χ1n) is 3.99. The Morgan fingerprint density at radius 3 is 1.31 bits per heavy atom. The van der Waals surface area contributed by atoms with E-state index in [1.165, 1.54) is 0 Å². The molecule has 0 fully saturated rings. The van der Waals surface area contributed by atoms with E-state index in [2.05, 4.69) is 0 Å². The van der Waals surface area contributed by atoms with Crippen LogP contribution < -0.4 is 0 Å². The van der Waals surface area contributed by atoms with Crippen LogP contribution in [0.4, 0.5) is 0 Å². The van der Waals surface area contributed by atoms with Crippen LogP contribution in [0.15, 0.2) is 30.3 Å².